The molecule has 0 saturated carbocycles. The van der Waals surface area contributed by atoms with Crippen LogP contribution in [0, 0.1) is 13.8 Å². The van der Waals surface area contributed by atoms with E-state index in [9.17, 15) is 0 Å². The number of aromatic nitrogens is 2. The number of anilines is 1. The first-order valence-corrected chi connectivity index (χ1v) is 7.20. The van der Waals surface area contributed by atoms with Gasteiger partial charge in [0.15, 0.2) is 0 Å². The zero-order valence-corrected chi connectivity index (χ0v) is 13.5. The SMILES string of the molecule is COc1ccc(CNc2c(C)c(C)nn2CCO)c(OC)c1. The highest BCUT2D eigenvalue weighted by Gasteiger charge is 2.12. The quantitative estimate of drug-likeness (QED) is 0.820. The molecule has 1 aromatic carbocycles. The normalized spacial score (nSPS) is 10.6. The monoisotopic (exact) mass is 305 g/mol. The van der Waals surface area contributed by atoms with E-state index in [1.807, 2.05) is 32.0 Å². The molecular formula is C16H23N3O3. The molecule has 22 heavy (non-hydrogen) atoms. The van der Waals surface area contributed by atoms with Gasteiger partial charge in [-0.25, -0.2) is 4.68 Å². The molecule has 2 N–H and O–H groups in total. The summed E-state index contributed by atoms with van der Waals surface area (Å²) in [6.45, 7) is 5.11. The summed E-state index contributed by atoms with van der Waals surface area (Å²) >= 11 is 0. The predicted octanol–water partition coefficient (Wildman–Crippen LogP) is 2.12. The summed E-state index contributed by atoms with van der Waals surface area (Å²) in [5.41, 5.74) is 3.07. The van der Waals surface area contributed by atoms with Crippen LogP contribution in [0.5, 0.6) is 11.5 Å². The van der Waals surface area contributed by atoms with Crippen molar-refractivity contribution in [1.82, 2.24) is 9.78 Å². The topological polar surface area (TPSA) is 68.5 Å². The average molecular weight is 305 g/mol. The van der Waals surface area contributed by atoms with E-state index in [2.05, 4.69) is 10.4 Å². The smallest absolute Gasteiger partial charge is 0.127 e. The number of hydrogen-bond donors (Lipinski definition) is 2. The molecule has 0 aliphatic rings. The lowest BCUT2D eigenvalue weighted by molar-refractivity contribution is 0.270. The Bertz CT molecular complexity index is 638. The fourth-order valence-corrected chi connectivity index (χ4v) is 2.33. The van der Waals surface area contributed by atoms with Crippen LogP contribution in [0.3, 0.4) is 0 Å². The zero-order valence-electron chi connectivity index (χ0n) is 13.5. The van der Waals surface area contributed by atoms with Gasteiger partial charge in [0.1, 0.15) is 17.3 Å². The Morgan fingerprint density at radius 1 is 1.23 bits per heavy atom. The van der Waals surface area contributed by atoms with Gasteiger partial charge in [0.05, 0.1) is 33.1 Å². The van der Waals surface area contributed by atoms with E-state index in [-0.39, 0.29) is 6.61 Å². The Morgan fingerprint density at radius 3 is 2.64 bits per heavy atom. The number of methoxy groups -OCH3 is 2. The number of hydrogen-bond acceptors (Lipinski definition) is 5. The molecule has 0 aliphatic carbocycles. The fraction of sp³-hybridized carbons (Fsp3) is 0.438. The molecule has 0 amide bonds. The van der Waals surface area contributed by atoms with Gasteiger partial charge < -0.3 is 19.9 Å². The Balaban J connectivity index is 2.20. The maximum Gasteiger partial charge on any atom is 0.127 e. The highest BCUT2D eigenvalue weighted by Crippen LogP contribution is 2.26. The molecule has 0 aliphatic heterocycles. The molecular weight excluding hydrogens is 282 g/mol. The van der Waals surface area contributed by atoms with Crippen molar-refractivity contribution in [1.29, 1.82) is 0 Å². The molecule has 0 atom stereocenters. The molecule has 1 aromatic heterocycles. The molecule has 2 rings (SSSR count). The van der Waals surface area contributed by atoms with Gasteiger partial charge in [0.25, 0.3) is 0 Å². The first kappa shape index (κ1) is 16.2. The predicted molar refractivity (Wildman–Crippen MR) is 85.7 cm³/mol. The molecule has 0 fully saturated rings. The van der Waals surface area contributed by atoms with Crippen molar-refractivity contribution in [2.45, 2.75) is 26.9 Å². The highest BCUT2D eigenvalue weighted by atomic mass is 16.5. The minimum atomic E-state index is 0.0566. The Kier molecular flexibility index (Phi) is 5.27. The summed E-state index contributed by atoms with van der Waals surface area (Å²) in [5, 5.41) is 17.0. The molecule has 0 bridgehead atoms. The van der Waals surface area contributed by atoms with Gasteiger partial charge in [-0.2, -0.15) is 5.10 Å². The van der Waals surface area contributed by atoms with Gasteiger partial charge in [-0.1, -0.05) is 0 Å². The molecule has 2 aromatic rings. The Morgan fingerprint density at radius 2 is 2.00 bits per heavy atom. The second kappa shape index (κ2) is 7.17. The van der Waals surface area contributed by atoms with E-state index in [4.69, 9.17) is 14.6 Å². The van der Waals surface area contributed by atoms with E-state index >= 15 is 0 Å². The maximum absolute atomic E-state index is 9.15. The van der Waals surface area contributed by atoms with Gasteiger partial charge in [-0.05, 0) is 26.0 Å². The molecule has 120 valence electrons. The van der Waals surface area contributed by atoms with Crippen LogP contribution >= 0.6 is 0 Å². The van der Waals surface area contributed by atoms with Crippen LogP contribution in [-0.4, -0.2) is 35.7 Å². The number of aliphatic hydroxyl groups excluding tert-OH is 1. The summed E-state index contributed by atoms with van der Waals surface area (Å²) in [5.74, 6) is 2.46. The van der Waals surface area contributed by atoms with E-state index < -0.39 is 0 Å². The van der Waals surface area contributed by atoms with Crippen molar-refractivity contribution >= 4 is 5.82 Å². The van der Waals surface area contributed by atoms with Crippen LogP contribution in [0.2, 0.25) is 0 Å². The van der Waals surface area contributed by atoms with E-state index in [1.165, 1.54) is 0 Å². The second-order valence-corrected chi connectivity index (χ2v) is 5.04. The van der Waals surface area contributed by atoms with Crippen molar-refractivity contribution in [3.63, 3.8) is 0 Å². The van der Waals surface area contributed by atoms with Crippen LogP contribution < -0.4 is 14.8 Å². The van der Waals surface area contributed by atoms with Crippen LogP contribution in [0.15, 0.2) is 18.2 Å². The Labute approximate surface area is 130 Å². The van der Waals surface area contributed by atoms with Crippen molar-refractivity contribution in [3.05, 3.63) is 35.0 Å². The molecule has 0 radical (unpaired) electrons. The largest absolute Gasteiger partial charge is 0.497 e. The Hall–Kier alpha value is -2.21. The average Bonchev–Trinajstić information content (AvgIpc) is 2.80. The minimum absolute atomic E-state index is 0.0566. The van der Waals surface area contributed by atoms with E-state index in [0.717, 1.165) is 34.1 Å². The van der Waals surface area contributed by atoms with Crippen LogP contribution in [0.4, 0.5) is 5.82 Å². The third kappa shape index (κ3) is 3.33. The maximum atomic E-state index is 9.15. The number of aliphatic hydroxyl groups is 1. The number of nitrogens with one attached hydrogen (secondary N) is 1. The highest BCUT2D eigenvalue weighted by molar-refractivity contribution is 5.49. The third-order valence-corrected chi connectivity index (χ3v) is 3.68. The lowest BCUT2D eigenvalue weighted by atomic mass is 10.2. The molecule has 0 saturated heterocycles. The second-order valence-electron chi connectivity index (χ2n) is 5.04. The lowest BCUT2D eigenvalue weighted by Gasteiger charge is -2.13. The summed E-state index contributed by atoms with van der Waals surface area (Å²) in [7, 11) is 3.27. The number of benzene rings is 1. The van der Waals surface area contributed by atoms with Crippen molar-refractivity contribution in [2.75, 3.05) is 26.1 Å². The number of aryl methyl sites for hydroxylation is 1. The van der Waals surface area contributed by atoms with Gasteiger partial charge in [0.2, 0.25) is 0 Å². The summed E-state index contributed by atoms with van der Waals surface area (Å²) in [6, 6.07) is 5.74. The van der Waals surface area contributed by atoms with Gasteiger partial charge in [0, 0.05) is 23.7 Å². The summed E-state index contributed by atoms with van der Waals surface area (Å²) in [6.07, 6.45) is 0. The third-order valence-electron chi connectivity index (χ3n) is 3.68. The lowest BCUT2D eigenvalue weighted by Crippen LogP contribution is -2.11. The van der Waals surface area contributed by atoms with E-state index in [0.29, 0.717) is 13.1 Å². The minimum Gasteiger partial charge on any atom is -0.497 e. The molecule has 6 heteroatoms. The van der Waals surface area contributed by atoms with Crippen LogP contribution in [0.1, 0.15) is 16.8 Å². The fourth-order valence-electron chi connectivity index (χ4n) is 2.33. The van der Waals surface area contributed by atoms with Crippen LogP contribution in [-0.2, 0) is 13.1 Å². The molecule has 6 nitrogen and oxygen atoms in total. The zero-order chi connectivity index (χ0) is 16.1. The first-order chi connectivity index (χ1) is 10.6. The summed E-state index contributed by atoms with van der Waals surface area (Å²) < 4.78 is 12.4. The molecule has 0 spiro atoms. The van der Waals surface area contributed by atoms with Crippen molar-refractivity contribution in [3.8, 4) is 11.5 Å². The van der Waals surface area contributed by atoms with E-state index in [1.54, 1.807) is 18.9 Å². The molecule has 0 unspecified atom stereocenters. The molecule has 1 heterocycles. The van der Waals surface area contributed by atoms with Gasteiger partial charge in [-0.15, -0.1) is 0 Å². The number of rotatable bonds is 7. The van der Waals surface area contributed by atoms with Gasteiger partial charge in [-0.3, -0.25) is 0 Å². The number of nitrogens with zero attached hydrogens (tertiary/aromatic N) is 2. The van der Waals surface area contributed by atoms with Crippen molar-refractivity contribution < 1.29 is 14.6 Å². The number of ether oxygens (including phenoxy) is 2. The summed E-state index contributed by atoms with van der Waals surface area (Å²) in [4.78, 5) is 0. The first-order valence-electron chi connectivity index (χ1n) is 7.20. The standard InChI is InChI=1S/C16H23N3O3/c1-11-12(2)18-19(7-8-20)16(11)17-10-13-5-6-14(21-3)9-15(13)22-4/h5-6,9,17,20H,7-8,10H2,1-4H3. The van der Waals surface area contributed by atoms with Gasteiger partial charge >= 0.3 is 0 Å². The van der Waals surface area contributed by atoms with Crippen LogP contribution in [0.25, 0.3) is 0 Å². The van der Waals surface area contributed by atoms with Crippen molar-refractivity contribution in [2.24, 2.45) is 0 Å².